The van der Waals surface area contributed by atoms with E-state index in [4.69, 9.17) is 5.11 Å². The highest BCUT2D eigenvalue weighted by atomic mass is 32.2. The molecule has 1 amide bonds. The summed E-state index contributed by atoms with van der Waals surface area (Å²) in [6.45, 7) is 9.94. The normalized spacial score (nSPS) is 14.0. The molecule has 0 heterocycles. The summed E-state index contributed by atoms with van der Waals surface area (Å²) in [5.74, 6) is -2.17. The van der Waals surface area contributed by atoms with E-state index in [1.165, 1.54) is 23.6 Å². The Labute approximate surface area is 191 Å². The second-order valence-electron chi connectivity index (χ2n) is 8.23. The molecule has 0 aromatic rings. The van der Waals surface area contributed by atoms with Gasteiger partial charge in [0.1, 0.15) is 6.04 Å². The molecule has 0 bridgehead atoms. The zero-order valence-corrected chi connectivity index (χ0v) is 20.4. The van der Waals surface area contributed by atoms with Crippen LogP contribution in [0.15, 0.2) is 34.9 Å². The van der Waals surface area contributed by atoms with Crippen molar-refractivity contribution in [1.29, 1.82) is 0 Å². The van der Waals surface area contributed by atoms with Crippen LogP contribution in [-0.4, -0.2) is 45.6 Å². The zero-order valence-electron chi connectivity index (χ0n) is 19.6. The van der Waals surface area contributed by atoms with E-state index in [-0.39, 0.29) is 6.42 Å². The third-order valence-electron chi connectivity index (χ3n) is 4.77. The van der Waals surface area contributed by atoms with Crippen LogP contribution in [0, 0.1) is 5.92 Å². The number of allylic oxidation sites excluding steroid dienone is 5. The Bertz CT molecular complexity index is 677. The van der Waals surface area contributed by atoms with Crippen LogP contribution in [0.25, 0.3) is 0 Å². The summed E-state index contributed by atoms with van der Waals surface area (Å²) in [5.41, 5.74) is 4.08. The van der Waals surface area contributed by atoms with Crippen molar-refractivity contribution in [3.63, 3.8) is 0 Å². The van der Waals surface area contributed by atoms with Gasteiger partial charge in [0, 0.05) is 12.2 Å². The van der Waals surface area contributed by atoms with Crippen molar-refractivity contribution in [3.05, 3.63) is 34.9 Å². The van der Waals surface area contributed by atoms with E-state index in [2.05, 4.69) is 51.2 Å². The Morgan fingerprint density at radius 3 is 2.03 bits per heavy atom. The smallest absolute Gasteiger partial charge is 0.326 e. The number of carboxylic acid groups (broad SMARTS) is 2. The van der Waals surface area contributed by atoms with Gasteiger partial charge in [0.15, 0.2) is 0 Å². The van der Waals surface area contributed by atoms with Crippen LogP contribution in [0.3, 0.4) is 0 Å². The van der Waals surface area contributed by atoms with E-state index >= 15 is 0 Å². The lowest BCUT2D eigenvalue weighted by atomic mass is 10.1. The lowest BCUT2D eigenvalue weighted by Crippen LogP contribution is -2.42. The minimum atomic E-state index is -1.10. The Morgan fingerprint density at radius 2 is 1.48 bits per heavy atom. The van der Waals surface area contributed by atoms with Gasteiger partial charge in [0.2, 0.25) is 5.91 Å². The highest BCUT2D eigenvalue weighted by Crippen LogP contribution is 2.13. The molecule has 0 fully saturated rings. The average Bonchev–Trinajstić information content (AvgIpc) is 2.66. The first kappa shape index (κ1) is 29.0. The lowest BCUT2D eigenvalue weighted by molar-refractivity contribution is -0.144. The maximum atomic E-state index is 11.8. The number of carbonyl (C=O) groups excluding carboxylic acids is 1. The second-order valence-corrected chi connectivity index (χ2v) is 9.37. The molecule has 0 saturated carbocycles. The number of amides is 1. The molecule has 1 unspecified atom stereocenters. The van der Waals surface area contributed by atoms with Crippen LogP contribution in [0.5, 0.6) is 0 Å². The predicted octanol–water partition coefficient (Wildman–Crippen LogP) is 5.21. The van der Waals surface area contributed by atoms with Gasteiger partial charge in [-0.3, -0.25) is 9.59 Å². The topological polar surface area (TPSA) is 104 Å². The first-order valence-corrected chi connectivity index (χ1v) is 12.0. The number of carboxylic acids is 2. The Hall–Kier alpha value is -2.02. The van der Waals surface area contributed by atoms with E-state index in [0.29, 0.717) is 12.2 Å². The molecule has 7 heteroatoms. The second kappa shape index (κ2) is 16.6. The minimum absolute atomic E-state index is 0.225. The minimum Gasteiger partial charge on any atom is -0.481 e. The monoisotopic (exact) mass is 453 g/mol. The third kappa shape index (κ3) is 16.4. The molecule has 0 aliphatic rings. The molecule has 6 nitrogen and oxygen atoms in total. The number of carbonyl (C=O) groups is 3. The van der Waals surface area contributed by atoms with Crippen LogP contribution < -0.4 is 5.32 Å². The van der Waals surface area contributed by atoms with Crippen molar-refractivity contribution in [2.75, 3.05) is 11.5 Å². The number of aliphatic carboxylic acids is 2. The SMILES string of the molecule is CC(C)=CCC/C(C)=C/CC/C(C)=C/CSCC[C@H](NC(=O)CC(C)C(=O)O)C(=O)O. The van der Waals surface area contributed by atoms with Gasteiger partial charge in [0.25, 0.3) is 0 Å². The van der Waals surface area contributed by atoms with Gasteiger partial charge in [0.05, 0.1) is 5.92 Å². The molecule has 3 N–H and O–H groups in total. The third-order valence-corrected chi connectivity index (χ3v) is 5.70. The maximum Gasteiger partial charge on any atom is 0.326 e. The molecule has 0 aromatic heterocycles. The molecule has 0 aliphatic carbocycles. The molecule has 0 rings (SSSR count). The van der Waals surface area contributed by atoms with Crippen molar-refractivity contribution in [3.8, 4) is 0 Å². The van der Waals surface area contributed by atoms with Crippen molar-refractivity contribution < 1.29 is 24.6 Å². The summed E-state index contributed by atoms with van der Waals surface area (Å²) in [4.78, 5) is 34.0. The van der Waals surface area contributed by atoms with Crippen LogP contribution >= 0.6 is 11.8 Å². The lowest BCUT2D eigenvalue weighted by Gasteiger charge is -2.15. The van der Waals surface area contributed by atoms with E-state index in [9.17, 15) is 19.5 Å². The summed E-state index contributed by atoms with van der Waals surface area (Å²) < 4.78 is 0. The average molecular weight is 454 g/mol. The van der Waals surface area contributed by atoms with Crippen LogP contribution in [0.4, 0.5) is 0 Å². The van der Waals surface area contributed by atoms with Crippen molar-refractivity contribution in [1.82, 2.24) is 5.32 Å². The van der Waals surface area contributed by atoms with Crippen molar-refractivity contribution in [2.45, 2.75) is 79.2 Å². The summed E-state index contributed by atoms with van der Waals surface area (Å²) in [6, 6.07) is -0.995. The largest absolute Gasteiger partial charge is 0.481 e. The molecule has 0 radical (unpaired) electrons. The number of hydrogen-bond donors (Lipinski definition) is 3. The van der Waals surface area contributed by atoms with Crippen molar-refractivity contribution in [2.24, 2.45) is 5.92 Å². The van der Waals surface area contributed by atoms with E-state index in [0.717, 1.165) is 31.4 Å². The summed E-state index contributed by atoms with van der Waals surface area (Å²) in [5, 5.41) is 20.5. The molecule has 0 spiro atoms. The van der Waals surface area contributed by atoms with Gasteiger partial charge in [-0.2, -0.15) is 11.8 Å². The van der Waals surface area contributed by atoms with Gasteiger partial charge in [-0.1, -0.05) is 41.9 Å². The fraction of sp³-hybridized carbons (Fsp3) is 0.625. The van der Waals surface area contributed by atoms with Crippen LogP contribution in [0.2, 0.25) is 0 Å². The summed E-state index contributed by atoms with van der Waals surface area (Å²) >= 11 is 1.62. The summed E-state index contributed by atoms with van der Waals surface area (Å²) in [6.07, 6.45) is 11.0. The standard InChI is InChI=1S/C24H39NO5S/c1-17(2)8-6-9-18(3)10-7-11-19(4)12-14-31-15-13-21(24(29)30)25-22(26)16-20(5)23(27)28/h8,10,12,20-21H,6-7,9,11,13-16H2,1-5H3,(H,25,26)(H,27,28)(H,29,30)/b18-10+,19-12+/t20?,21-/m0/s1. The maximum absolute atomic E-state index is 11.8. The number of nitrogens with one attached hydrogen (secondary N) is 1. The quantitative estimate of drug-likeness (QED) is 0.219. The number of hydrogen-bond acceptors (Lipinski definition) is 4. The van der Waals surface area contributed by atoms with Gasteiger partial charge in [-0.25, -0.2) is 4.79 Å². The molecular weight excluding hydrogens is 414 g/mol. The van der Waals surface area contributed by atoms with Crippen LogP contribution in [-0.2, 0) is 14.4 Å². The highest BCUT2D eigenvalue weighted by Gasteiger charge is 2.22. The summed E-state index contributed by atoms with van der Waals surface area (Å²) in [7, 11) is 0. The Morgan fingerprint density at radius 1 is 0.903 bits per heavy atom. The van der Waals surface area contributed by atoms with E-state index in [1.54, 1.807) is 11.8 Å². The highest BCUT2D eigenvalue weighted by molar-refractivity contribution is 7.99. The van der Waals surface area contributed by atoms with E-state index < -0.39 is 29.8 Å². The first-order valence-electron chi connectivity index (χ1n) is 10.8. The fourth-order valence-corrected chi connectivity index (χ4v) is 3.67. The number of thioether (sulfide) groups is 1. The molecule has 0 aliphatic heterocycles. The van der Waals surface area contributed by atoms with E-state index in [1.807, 2.05) is 0 Å². The predicted molar refractivity (Wildman–Crippen MR) is 128 cm³/mol. The molecule has 0 saturated heterocycles. The zero-order chi connectivity index (χ0) is 23.8. The first-order chi connectivity index (χ1) is 14.5. The Balaban J connectivity index is 4.19. The molecular formula is C24H39NO5S. The van der Waals surface area contributed by atoms with Gasteiger partial charge in [-0.05, 0) is 65.6 Å². The van der Waals surface area contributed by atoms with Gasteiger partial charge < -0.3 is 15.5 Å². The van der Waals surface area contributed by atoms with Gasteiger partial charge in [-0.15, -0.1) is 0 Å². The molecule has 31 heavy (non-hydrogen) atoms. The number of rotatable bonds is 16. The molecule has 2 atom stereocenters. The Kier molecular flexibility index (Phi) is 15.6. The van der Waals surface area contributed by atoms with Crippen molar-refractivity contribution >= 4 is 29.6 Å². The van der Waals surface area contributed by atoms with Crippen LogP contribution in [0.1, 0.15) is 73.1 Å². The molecule has 176 valence electrons. The van der Waals surface area contributed by atoms with Gasteiger partial charge >= 0.3 is 11.9 Å². The fourth-order valence-electron chi connectivity index (χ4n) is 2.70. The molecule has 0 aromatic carbocycles.